The molecular formula is C27H36N6O6. The molecule has 0 aliphatic carbocycles. The lowest BCUT2D eigenvalue weighted by Crippen LogP contribution is -2.48. The quantitative estimate of drug-likeness (QED) is 0.368. The fourth-order valence-electron chi connectivity index (χ4n) is 4.58. The van der Waals surface area contributed by atoms with Crippen LogP contribution in [0.2, 0.25) is 0 Å². The summed E-state index contributed by atoms with van der Waals surface area (Å²) in [5.74, 6) is 0.717. The van der Waals surface area contributed by atoms with Crippen molar-refractivity contribution >= 4 is 29.0 Å². The SMILES string of the molecule is COc1cc(-c2nc(C3CCN(C(=O)C(O)C(C)(C)O)C3)n3ccnc(N)c23)ccc1NC(=O)OC(C)(C)C. The topological polar surface area (TPSA) is 165 Å². The first kappa shape index (κ1) is 28.1. The number of nitrogens with zero attached hydrogens (tertiary/aromatic N) is 4. The normalized spacial score (nSPS) is 16.8. The number of hydrogen-bond donors (Lipinski definition) is 4. The second-order valence-electron chi connectivity index (χ2n) is 11.2. The minimum atomic E-state index is -1.55. The molecule has 5 N–H and O–H groups in total. The van der Waals surface area contributed by atoms with E-state index in [1.165, 1.54) is 21.0 Å². The van der Waals surface area contributed by atoms with Crippen molar-refractivity contribution < 1.29 is 29.3 Å². The fraction of sp³-hybridized carbons (Fsp3) is 0.481. The number of fused-ring (bicyclic) bond motifs is 1. The van der Waals surface area contributed by atoms with Gasteiger partial charge in [0, 0.05) is 37.0 Å². The van der Waals surface area contributed by atoms with Crippen molar-refractivity contribution in [2.24, 2.45) is 0 Å². The Morgan fingerprint density at radius 1 is 1.23 bits per heavy atom. The average Bonchev–Trinajstić information content (AvgIpc) is 3.47. The Labute approximate surface area is 226 Å². The molecule has 1 fully saturated rings. The number of ether oxygens (including phenoxy) is 2. The molecule has 1 aliphatic heterocycles. The number of hydrogen-bond acceptors (Lipinski definition) is 9. The van der Waals surface area contributed by atoms with E-state index in [0.29, 0.717) is 53.5 Å². The first-order chi connectivity index (χ1) is 18.2. The van der Waals surface area contributed by atoms with Crippen LogP contribution in [0.4, 0.5) is 16.3 Å². The summed E-state index contributed by atoms with van der Waals surface area (Å²) in [4.78, 5) is 35.8. The molecule has 12 nitrogen and oxygen atoms in total. The second kappa shape index (κ2) is 10.3. The largest absolute Gasteiger partial charge is 0.495 e. The van der Waals surface area contributed by atoms with Gasteiger partial charge in [0.1, 0.15) is 34.2 Å². The van der Waals surface area contributed by atoms with Gasteiger partial charge in [0.2, 0.25) is 0 Å². The van der Waals surface area contributed by atoms with Crippen molar-refractivity contribution in [1.29, 1.82) is 0 Å². The number of anilines is 2. The number of aliphatic hydroxyl groups is 2. The molecule has 0 saturated carbocycles. The van der Waals surface area contributed by atoms with Gasteiger partial charge in [-0.3, -0.25) is 14.5 Å². The van der Waals surface area contributed by atoms with Crippen LogP contribution in [0.15, 0.2) is 30.6 Å². The minimum absolute atomic E-state index is 0.138. The second-order valence-corrected chi connectivity index (χ2v) is 11.2. The maximum absolute atomic E-state index is 12.8. The van der Waals surface area contributed by atoms with Gasteiger partial charge < -0.3 is 30.3 Å². The van der Waals surface area contributed by atoms with Crippen LogP contribution in [-0.4, -0.2) is 79.0 Å². The van der Waals surface area contributed by atoms with Gasteiger partial charge in [-0.05, 0) is 53.2 Å². The monoisotopic (exact) mass is 540 g/mol. The third-order valence-electron chi connectivity index (χ3n) is 6.49. The van der Waals surface area contributed by atoms with Crippen LogP contribution in [0, 0.1) is 0 Å². The van der Waals surface area contributed by atoms with Gasteiger partial charge in [0.05, 0.1) is 18.4 Å². The molecule has 1 aliphatic rings. The molecule has 1 aromatic carbocycles. The van der Waals surface area contributed by atoms with Gasteiger partial charge in [-0.25, -0.2) is 14.8 Å². The van der Waals surface area contributed by atoms with E-state index in [-0.39, 0.29) is 11.7 Å². The molecular weight excluding hydrogens is 504 g/mol. The van der Waals surface area contributed by atoms with E-state index in [1.54, 1.807) is 56.3 Å². The van der Waals surface area contributed by atoms with Gasteiger partial charge in [-0.15, -0.1) is 0 Å². The highest BCUT2D eigenvalue weighted by atomic mass is 16.6. The van der Waals surface area contributed by atoms with Gasteiger partial charge in [0.15, 0.2) is 6.10 Å². The first-order valence-electron chi connectivity index (χ1n) is 12.7. The molecule has 0 spiro atoms. The van der Waals surface area contributed by atoms with Crippen LogP contribution in [0.1, 0.15) is 52.8 Å². The van der Waals surface area contributed by atoms with E-state index in [0.717, 1.165) is 0 Å². The molecule has 2 unspecified atom stereocenters. The third kappa shape index (κ3) is 5.91. The lowest BCUT2D eigenvalue weighted by atomic mass is 10.0. The standard InChI is InChI=1S/C27H36N6O6/c1-26(2,3)39-25(36)30-17-8-7-15(13-18(17)38-6)19-20-22(28)29-10-12-33(20)23(31-19)16-9-11-32(14-16)24(35)21(34)27(4,5)37/h7-8,10,12-13,16,21,34,37H,9,11,14H2,1-6H3,(H2,28,29)(H,30,36). The van der Waals surface area contributed by atoms with Crippen molar-refractivity contribution in [2.75, 3.05) is 31.2 Å². The molecule has 3 heterocycles. The Hall–Kier alpha value is -3.90. The maximum atomic E-state index is 12.8. The fourth-order valence-corrected chi connectivity index (χ4v) is 4.58. The van der Waals surface area contributed by atoms with Crippen LogP contribution in [0.25, 0.3) is 16.8 Å². The zero-order chi connectivity index (χ0) is 28.7. The number of aliphatic hydroxyl groups excluding tert-OH is 1. The van der Waals surface area contributed by atoms with E-state index < -0.39 is 29.3 Å². The van der Waals surface area contributed by atoms with E-state index in [9.17, 15) is 19.8 Å². The summed E-state index contributed by atoms with van der Waals surface area (Å²) in [6.07, 6.45) is 1.84. The van der Waals surface area contributed by atoms with Gasteiger partial charge >= 0.3 is 6.09 Å². The number of nitrogens with one attached hydrogen (secondary N) is 1. The lowest BCUT2D eigenvalue weighted by Gasteiger charge is -2.27. The third-order valence-corrected chi connectivity index (χ3v) is 6.49. The van der Waals surface area contributed by atoms with Crippen LogP contribution < -0.4 is 15.8 Å². The smallest absolute Gasteiger partial charge is 0.412 e. The molecule has 0 radical (unpaired) electrons. The van der Waals surface area contributed by atoms with E-state index >= 15 is 0 Å². The molecule has 3 aromatic rings. The molecule has 4 rings (SSSR count). The summed E-state index contributed by atoms with van der Waals surface area (Å²) in [7, 11) is 1.50. The number of rotatable bonds is 6. The number of carbonyl (C=O) groups is 2. The Balaban J connectivity index is 1.67. The lowest BCUT2D eigenvalue weighted by molar-refractivity contribution is -0.151. The van der Waals surface area contributed by atoms with Crippen molar-refractivity contribution in [1.82, 2.24) is 19.3 Å². The Kier molecular flexibility index (Phi) is 7.46. The zero-order valence-electron chi connectivity index (χ0n) is 23.1. The van der Waals surface area contributed by atoms with Crippen LogP contribution in [0.5, 0.6) is 5.75 Å². The van der Waals surface area contributed by atoms with Crippen molar-refractivity contribution in [3.8, 4) is 17.0 Å². The number of aromatic nitrogens is 3. The number of nitrogen functional groups attached to an aromatic ring is 1. The van der Waals surface area contributed by atoms with Gasteiger partial charge in [-0.2, -0.15) is 0 Å². The average molecular weight is 541 g/mol. The molecule has 1 saturated heterocycles. The molecule has 12 heteroatoms. The summed E-state index contributed by atoms with van der Waals surface area (Å²) in [5, 5.41) is 23.1. The predicted octanol–water partition coefficient (Wildman–Crippen LogP) is 2.78. The number of likely N-dealkylation sites (tertiary alicyclic amines) is 1. The summed E-state index contributed by atoms with van der Waals surface area (Å²) in [6, 6.07) is 5.23. The van der Waals surface area contributed by atoms with Crippen molar-refractivity contribution in [2.45, 2.75) is 64.3 Å². The van der Waals surface area contributed by atoms with Crippen LogP contribution in [0.3, 0.4) is 0 Å². The van der Waals surface area contributed by atoms with Crippen LogP contribution in [-0.2, 0) is 9.53 Å². The Bertz CT molecular complexity index is 1390. The summed E-state index contributed by atoms with van der Waals surface area (Å²) >= 11 is 0. The molecule has 39 heavy (non-hydrogen) atoms. The van der Waals surface area contributed by atoms with Crippen LogP contribution >= 0.6 is 0 Å². The number of imidazole rings is 1. The Morgan fingerprint density at radius 2 is 1.95 bits per heavy atom. The maximum Gasteiger partial charge on any atom is 0.412 e. The highest BCUT2D eigenvalue weighted by Crippen LogP contribution is 2.37. The number of carbonyl (C=O) groups excluding carboxylic acids is 2. The molecule has 2 aromatic heterocycles. The zero-order valence-corrected chi connectivity index (χ0v) is 23.1. The number of methoxy groups -OCH3 is 1. The van der Waals surface area contributed by atoms with Gasteiger partial charge in [-0.1, -0.05) is 6.07 Å². The number of nitrogens with two attached hydrogens (primary N) is 1. The predicted molar refractivity (Wildman–Crippen MR) is 145 cm³/mol. The summed E-state index contributed by atoms with van der Waals surface area (Å²) in [5.41, 5.74) is 6.38. The number of benzene rings is 1. The number of amides is 2. The first-order valence-corrected chi connectivity index (χ1v) is 12.7. The van der Waals surface area contributed by atoms with Crippen molar-refractivity contribution in [3.63, 3.8) is 0 Å². The molecule has 0 bridgehead atoms. The highest BCUT2D eigenvalue weighted by Gasteiger charge is 2.38. The molecule has 210 valence electrons. The summed E-state index contributed by atoms with van der Waals surface area (Å²) < 4.78 is 12.7. The molecule has 2 atom stereocenters. The summed E-state index contributed by atoms with van der Waals surface area (Å²) in [6.45, 7) is 8.88. The van der Waals surface area contributed by atoms with E-state index in [4.69, 9.17) is 20.2 Å². The minimum Gasteiger partial charge on any atom is -0.495 e. The van der Waals surface area contributed by atoms with E-state index in [1.807, 2.05) is 4.40 Å². The van der Waals surface area contributed by atoms with Gasteiger partial charge in [0.25, 0.3) is 5.91 Å². The van der Waals surface area contributed by atoms with Crippen molar-refractivity contribution in [3.05, 3.63) is 36.4 Å². The Morgan fingerprint density at radius 3 is 2.59 bits per heavy atom. The highest BCUT2D eigenvalue weighted by molar-refractivity contribution is 5.90. The van der Waals surface area contributed by atoms with E-state index in [2.05, 4.69) is 10.3 Å². The molecule has 2 amide bonds.